The minimum absolute atomic E-state index is 0.215. The molecule has 5 heteroatoms. The van der Waals surface area contributed by atoms with Crippen LogP contribution in [-0.2, 0) is 4.79 Å². The van der Waals surface area contributed by atoms with Gasteiger partial charge in [-0.05, 0) is 18.8 Å². The largest absolute Gasteiger partial charge is 0.371 e. The Morgan fingerprint density at radius 2 is 2.07 bits per heavy atom. The summed E-state index contributed by atoms with van der Waals surface area (Å²) < 4.78 is 0. The second-order valence-electron chi connectivity index (χ2n) is 3.95. The van der Waals surface area contributed by atoms with E-state index in [1.807, 2.05) is 0 Å². The molecule has 5 nitrogen and oxygen atoms in total. The summed E-state index contributed by atoms with van der Waals surface area (Å²) in [4.78, 5) is 23.3. The van der Waals surface area contributed by atoms with Crippen molar-refractivity contribution in [2.45, 2.75) is 12.8 Å². The van der Waals surface area contributed by atoms with Crippen molar-refractivity contribution in [3.63, 3.8) is 0 Å². The molecule has 15 heavy (non-hydrogen) atoms. The molecular formula is C10H17N3O2. The Kier molecular flexibility index (Phi) is 4.18. The summed E-state index contributed by atoms with van der Waals surface area (Å²) in [6, 6.07) is -0.225. The van der Waals surface area contributed by atoms with Crippen LogP contribution in [0.1, 0.15) is 12.8 Å². The lowest BCUT2D eigenvalue weighted by Gasteiger charge is -2.14. The number of rotatable bonds is 5. The van der Waals surface area contributed by atoms with Crippen molar-refractivity contribution >= 4 is 12.0 Å². The number of nitrogens with zero attached hydrogens (tertiary/aromatic N) is 1. The average molecular weight is 211 g/mol. The normalized spacial score (nSPS) is 14.0. The zero-order valence-corrected chi connectivity index (χ0v) is 9.17. The number of likely N-dealkylation sites (N-methyl/N-ethyl adjacent to an activating group) is 1. The van der Waals surface area contributed by atoms with Gasteiger partial charge in [0.25, 0.3) is 0 Å². The van der Waals surface area contributed by atoms with Gasteiger partial charge in [-0.1, -0.05) is 0 Å². The Hall–Kier alpha value is -1.48. The van der Waals surface area contributed by atoms with E-state index in [0.29, 0.717) is 11.6 Å². The molecule has 0 aromatic heterocycles. The van der Waals surface area contributed by atoms with Crippen LogP contribution in [0.4, 0.5) is 4.79 Å². The van der Waals surface area contributed by atoms with Crippen LogP contribution in [0, 0.1) is 5.92 Å². The molecule has 1 saturated carbocycles. The molecule has 1 aliphatic carbocycles. The molecule has 0 aromatic rings. The maximum atomic E-state index is 11.2. The number of carbonyl (C=O) groups excluding carboxylic acids is 2. The van der Waals surface area contributed by atoms with Crippen LogP contribution in [0.3, 0.4) is 0 Å². The highest BCUT2D eigenvalue weighted by Gasteiger charge is 2.21. The molecule has 0 atom stereocenters. The van der Waals surface area contributed by atoms with E-state index in [-0.39, 0.29) is 12.6 Å². The second kappa shape index (κ2) is 5.41. The number of amides is 2. The predicted octanol–water partition coefficient (Wildman–Crippen LogP) is -0.0273. The number of urea groups is 1. The molecule has 84 valence electrons. The molecule has 0 unspecified atom stereocenters. The molecule has 2 amide bonds. The van der Waals surface area contributed by atoms with Crippen molar-refractivity contribution in [1.29, 1.82) is 0 Å². The van der Waals surface area contributed by atoms with E-state index in [4.69, 9.17) is 0 Å². The van der Waals surface area contributed by atoms with Gasteiger partial charge in [-0.25, -0.2) is 9.59 Å². The quantitative estimate of drug-likeness (QED) is 0.628. The predicted molar refractivity (Wildman–Crippen MR) is 57.0 cm³/mol. The van der Waals surface area contributed by atoms with Gasteiger partial charge in [0.05, 0.1) is 6.54 Å². The fraction of sp³-hybridized carbons (Fsp3) is 0.700. The van der Waals surface area contributed by atoms with Crippen LogP contribution < -0.4 is 10.6 Å². The van der Waals surface area contributed by atoms with Gasteiger partial charge in [-0.15, -0.1) is 0 Å². The fourth-order valence-electron chi connectivity index (χ4n) is 1.07. The van der Waals surface area contributed by atoms with E-state index < -0.39 is 0 Å². The van der Waals surface area contributed by atoms with Gasteiger partial charge in [0, 0.05) is 20.6 Å². The van der Waals surface area contributed by atoms with Crippen molar-refractivity contribution in [1.82, 2.24) is 15.5 Å². The Balaban J connectivity index is 2.16. The summed E-state index contributed by atoms with van der Waals surface area (Å²) in [5, 5.41) is 5.36. The molecule has 0 aliphatic heterocycles. The highest BCUT2D eigenvalue weighted by Crippen LogP contribution is 2.27. The van der Waals surface area contributed by atoms with Gasteiger partial charge < -0.3 is 15.5 Å². The number of carbonyl (C=O) groups is 1. The third-order valence-corrected chi connectivity index (χ3v) is 2.32. The highest BCUT2D eigenvalue weighted by atomic mass is 16.2. The smallest absolute Gasteiger partial charge is 0.315 e. The fourth-order valence-corrected chi connectivity index (χ4v) is 1.07. The molecule has 1 rings (SSSR count). The Morgan fingerprint density at radius 3 is 2.53 bits per heavy atom. The third kappa shape index (κ3) is 4.51. The molecule has 0 aromatic carbocycles. The highest BCUT2D eigenvalue weighted by molar-refractivity contribution is 5.74. The summed E-state index contributed by atoms with van der Waals surface area (Å²) >= 11 is 0. The van der Waals surface area contributed by atoms with Crippen molar-refractivity contribution in [3.05, 3.63) is 5.70 Å². The Labute approximate surface area is 89.5 Å². The van der Waals surface area contributed by atoms with Gasteiger partial charge >= 0.3 is 6.03 Å². The Morgan fingerprint density at radius 1 is 1.40 bits per heavy atom. The molecule has 0 bridgehead atoms. The number of nitrogens with one attached hydrogen (secondary N) is 2. The second-order valence-corrected chi connectivity index (χ2v) is 3.95. The van der Waals surface area contributed by atoms with E-state index in [1.54, 1.807) is 24.9 Å². The molecule has 1 fully saturated rings. The average Bonchev–Trinajstić information content (AvgIpc) is 2.98. The molecule has 2 N–H and O–H groups in total. The van der Waals surface area contributed by atoms with Crippen molar-refractivity contribution in [2.75, 3.05) is 27.2 Å². The van der Waals surface area contributed by atoms with E-state index in [9.17, 15) is 9.59 Å². The first-order chi connectivity index (χ1) is 7.13. The third-order valence-electron chi connectivity index (χ3n) is 2.32. The number of hydrogen-bond donors (Lipinski definition) is 2. The van der Waals surface area contributed by atoms with Crippen molar-refractivity contribution in [3.8, 4) is 0 Å². The van der Waals surface area contributed by atoms with Crippen LogP contribution in [0.25, 0.3) is 0 Å². The first-order valence-electron chi connectivity index (χ1n) is 5.06. The van der Waals surface area contributed by atoms with Crippen molar-refractivity contribution in [2.24, 2.45) is 5.92 Å². The van der Waals surface area contributed by atoms with E-state index in [2.05, 4.69) is 10.6 Å². The monoisotopic (exact) mass is 211 g/mol. The maximum Gasteiger partial charge on any atom is 0.315 e. The van der Waals surface area contributed by atoms with Gasteiger partial charge in [0.1, 0.15) is 11.6 Å². The first kappa shape index (κ1) is 11.6. The summed E-state index contributed by atoms with van der Waals surface area (Å²) in [6.07, 6.45) is 2.41. The summed E-state index contributed by atoms with van der Waals surface area (Å²) in [5.41, 5.74) is 0.427. The van der Waals surface area contributed by atoms with Gasteiger partial charge in [0.15, 0.2) is 0 Å². The zero-order valence-electron chi connectivity index (χ0n) is 9.17. The van der Waals surface area contributed by atoms with Gasteiger partial charge in [-0.2, -0.15) is 0 Å². The minimum Gasteiger partial charge on any atom is -0.371 e. The minimum atomic E-state index is -0.225. The zero-order chi connectivity index (χ0) is 11.3. The first-order valence-corrected chi connectivity index (χ1v) is 5.06. The van der Waals surface area contributed by atoms with E-state index in [0.717, 1.165) is 6.54 Å². The summed E-state index contributed by atoms with van der Waals surface area (Å²) in [6.45, 7) is 0.945. The topological polar surface area (TPSA) is 61.4 Å². The lowest BCUT2D eigenvalue weighted by atomic mass is 10.4. The van der Waals surface area contributed by atoms with Crippen LogP contribution >= 0.6 is 0 Å². The molecule has 0 radical (unpaired) electrons. The SMILES string of the molecule is CN(C)C(=C=O)CNC(=O)NCC1CC1. The molecule has 0 spiro atoms. The van der Waals surface area contributed by atoms with Gasteiger partial charge in [0.2, 0.25) is 0 Å². The van der Waals surface area contributed by atoms with Gasteiger partial charge in [-0.3, -0.25) is 0 Å². The maximum absolute atomic E-state index is 11.2. The van der Waals surface area contributed by atoms with Crippen molar-refractivity contribution < 1.29 is 9.59 Å². The van der Waals surface area contributed by atoms with Crippen LogP contribution in [0.15, 0.2) is 5.70 Å². The standard InChI is InChI=1S/C10H17N3O2/c1-13(2)9(7-14)6-12-10(15)11-5-8-3-4-8/h8H,3-6H2,1-2H3,(H2,11,12,15). The lowest BCUT2D eigenvalue weighted by Crippen LogP contribution is -2.39. The van der Waals surface area contributed by atoms with Crippen LogP contribution in [-0.4, -0.2) is 44.1 Å². The summed E-state index contributed by atoms with van der Waals surface area (Å²) in [7, 11) is 3.48. The van der Waals surface area contributed by atoms with E-state index in [1.165, 1.54) is 12.8 Å². The summed E-state index contributed by atoms with van der Waals surface area (Å²) in [5.74, 6) is 2.44. The number of hydrogen-bond acceptors (Lipinski definition) is 3. The molecule has 0 saturated heterocycles. The molecule has 1 aliphatic rings. The van der Waals surface area contributed by atoms with Crippen LogP contribution in [0.5, 0.6) is 0 Å². The van der Waals surface area contributed by atoms with E-state index >= 15 is 0 Å². The Bertz CT molecular complexity index is 278. The lowest BCUT2D eigenvalue weighted by molar-refractivity contribution is 0.240. The molecule has 0 heterocycles. The molecular weight excluding hydrogens is 194 g/mol. The van der Waals surface area contributed by atoms with Crippen LogP contribution in [0.2, 0.25) is 0 Å².